The standard InChI is InChI=1S/C26H27ClFN3O/c1-5-18-12-17(8-9-19(18)26(32)15(2)3)14-31-22-11-16(4)24(28)23(20(22)13-29)25-21(27)7-6-10-30-25/h6-13,15,29,31H,5,14H2,1-4H3. The average molecular weight is 452 g/mol. The van der Waals surface area contributed by atoms with E-state index in [9.17, 15) is 4.79 Å². The molecule has 3 aromatic rings. The molecular weight excluding hydrogens is 425 g/mol. The molecule has 0 amide bonds. The second-order valence-electron chi connectivity index (χ2n) is 8.04. The predicted octanol–water partition coefficient (Wildman–Crippen LogP) is 6.86. The second-order valence-corrected chi connectivity index (χ2v) is 8.45. The number of anilines is 1. The average Bonchev–Trinajstić information content (AvgIpc) is 2.79. The van der Waals surface area contributed by atoms with Crippen molar-refractivity contribution in [3.05, 3.63) is 81.3 Å². The van der Waals surface area contributed by atoms with Gasteiger partial charge in [0.2, 0.25) is 0 Å². The number of ketones is 1. The first-order valence-corrected chi connectivity index (χ1v) is 11.0. The number of carbonyl (C=O) groups excluding carboxylic acids is 1. The van der Waals surface area contributed by atoms with Gasteiger partial charge in [-0.2, -0.15) is 0 Å². The minimum Gasteiger partial charge on any atom is -0.380 e. The fraction of sp³-hybridized carbons (Fsp3) is 0.269. The lowest BCUT2D eigenvalue weighted by molar-refractivity contribution is 0.0938. The Morgan fingerprint density at radius 3 is 2.66 bits per heavy atom. The lowest BCUT2D eigenvalue weighted by Crippen LogP contribution is -2.11. The number of Topliss-reactive ketones (excluding diaryl/α,β-unsaturated/α-hetero) is 1. The van der Waals surface area contributed by atoms with E-state index < -0.39 is 5.82 Å². The fourth-order valence-electron chi connectivity index (χ4n) is 3.70. The van der Waals surface area contributed by atoms with E-state index in [-0.39, 0.29) is 17.3 Å². The zero-order valence-corrected chi connectivity index (χ0v) is 19.5. The Morgan fingerprint density at radius 1 is 1.28 bits per heavy atom. The molecule has 0 saturated carbocycles. The van der Waals surface area contributed by atoms with Gasteiger partial charge in [-0.1, -0.05) is 50.6 Å². The number of rotatable bonds is 8. The Morgan fingerprint density at radius 2 is 2.03 bits per heavy atom. The van der Waals surface area contributed by atoms with Gasteiger partial charge in [-0.25, -0.2) is 4.39 Å². The summed E-state index contributed by atoms with van der Waals surface area (Å²) in [5.41, 5.74) is 4.72. The molecule has 1 heterocycles. The molecule has 1 aromatic heterocycles. The first-order valence-electron chi connectivity index (χ1n) is 10.6. The van der Waals surface area contributed by atoms with Crippen LogP contribution in [0.15, 0.2) is 42.6 Å². The molecule has 0 bridgehead atoms. The van der Waals surface area contributed by atoms with E-state index in [0.717, 1.165) is 29.3 Å². The summed E-state index contributed by atoms with van der Waals surface area (Å²) >= 11 is 6.28. The zero-order chi connectivity index (χ0) is 23.4. The van der Waals surface area contributed by atoms with Gasteiger partial charge in [0.05, 0.1) is 10.7 Å². The zero-order valence-electron chi connectivity index (χ0n) is 18.7. The minimum atomic E-state index is -0.445. The summed E-state index contributed by atoms with van der Waals surface area (Å²) in [7, 11) is 0. The molecule has 0 atom stereocenters. The molecule has 32 heavy (non-hydrogen) atoms. The van der Waals surface area contributed by atoms with Crippen LogP contribution in [0.3, 0.4) is 0 Å². The summed E-state index contributed by atoms with van der Waals surface area (Å²) < 4.78 is 15.1. The summed E-state index contributed by atoms with van der Waals surface area (Å²) in [6.45, 7) is 7.97. The number of aromatic nitrogens is 1. The highest BCUT2D eigenvalue weighted by atomic mass is 35.5. The normalized spacial score (nSPS) is 11.0. The monoisotopic (exact) mass is 451 g/mol. The maximum Gasteiger partial charge on any atom is 0.165 e. The maximum absolute atomic E-state index is 15.1. The van der Waals surface area contributed by atoms with Crippen LogP contribution in [0.2, 0.25) is 5.02 Å². The van der Waals surface area contributed by atoms with Gasteiger partial charge in [0.25, 0.3) is 0 Å². The molecule has 0 aliphatic heterocycles. The molecule has 166 valence electrons. The molecule has 4 nitrogen and oxygen atoms in total. The van der Waals surface area contributed by atoms with Gasteiger partial charge in [0.1, 0.15) is 5.82 Å². The number of aryl methyl sites for hydroxylation is 2. The van der Waals surface area contributed by atoms with E-state index in [4.69, 9.17) is 17.0 Å². The molecule has 0 aliphatic rings. The highest BCUT2D eigenvalue weighted by Gasteiger charge is 2.20. The van der Waals surface area contributed by atoms with E-state index >= 15 is 4.39 Å². The fourth-order valence-corrected chi connectivity index (χ4v) is 3.92. The molecule has 0 unspecified atom stereocenters. The Labute approximate surface area is 193 Å². The van der Waals surface area contributed by atoms with Crippen LogP contribution in [0.25, 0.3) is 11.3 Å². The Kier molecular flexibility index (Phi) is 7.41. The third kappa shape index (κ3) is 4.73. The molecule has 3 rings (SSSR count). The van der Waals surface area contributed by atoms with Gasteiger partial charge in [-0.3, -0.25) is 9.78 Å². The molecule has 2 aromatic carbocycles. The van der Waals surface area contributed by atoms with Crippen molar-refractivity contribution >= 4 is 29.3 Å². The van der Waals surface area contributed by atoms with Gasteiger partial charge in [-0.05, 0) is 48.2 Å². The van der Waals surface area contributed by atoms with Crippen LogP contribution in [0, 0.1) is 24.1 Å². The number of benzene rings is 2. The van der Waals surface area contributed by atoms with Crippen LogP contribution in [-0.4, -0.2) is 17.0 Å². The predicted molar refractivity (Wildman–Crippen MR) is 130 cm³/mol. The van der Waals surface area contributed by atoms with Crippen molar-refractivity contribution in [3.63, 3.8) is 0 Å². The van der Waals surface area contributed by atoms with Gasteiger partial charge in [-0.15, -0.1) is 0 Å². The van der Waals surface area contributed by atoms with Crippen LogP contribution in [0.5, 0.6) is 0 Å². The van der Waals surface area contributed by atoms with Gasteiger partial charge < -0.3 is 10.7 Å². The largest absolute Gasteiger partial charge is 0.380 e. The highest BCUT2D eigenvalue weighted by Crippen LogP contribution is 2.35. The number of hydrogen-bond acceptors (Lipinski definition) is 4. The number of halogens is 2. The Bertz CT molecular complexity index is 1170. The van der Waals surface area contributed by atoms with Crippen molar-refractivity contribution in [3.8, 4) is 11.3 Å². The van der Waals surface area contributed by atoms with E-state index in [1.54, 1.807) is 31.3 Å². The lowest BCUT2D eigenvalue weighted by Gasteiger charge is -2.17. The van der Waals surface area contributed by atoms with Crippen LogP contribution < -0.4 is 5.32 Å². The van der Waals surface area contributed by atoms with Gasteiger partial charge in [0, 0.05) is 47.3 Å². The Hall–Kier alpha value is -3.05. The molecule has 0 radical (unpaired) electrons. The first-order chi connectivity index (χ1) is 15.3. The number of carbonyl (C=O) groups is 1. The maximum atomic E-state index is 15.1. The molecule has 6 heteroatoms. The quantitative estimate of drug-likeness (QED) is 0.290. The smallest absolute Gasteiger partial charge is 0.165 e. The van der Waals surface area contributed by atoms with Crippen LogP contribution in [0.4, 0.5) is 10.1 Å². The number of pyridine rings is 1. The SMILES string of the molecule is CCc1cc(CNc2cc(C)c(F)c(-c3ncccc3Cl)c2C=N)ccc1C(=O)C(C)C. The topological polar surface area (TPSA) is 65.8 Å². The van der Waals surface area contributed by atoms with E-state index in [1.807, 2.05) is 39.0 Å². The lowest BCUT2D eigenvalue weighted by atomic mass is 9.93. The molecule has 2 N–H and O–H groups in total. The Balaban J connectivity index is 1.98. The summed E-state index contributed by atoms with van der Waals surface area (Å²) in [5.74, 6) is -0.364. The van der Waals surface area contributed by atoms with Crippen molar-refractivity contribution in [1.29, 1.82) is 5.41 Å². The van der Waals surface area contributed by atoms with Crippen molar-refractivity contribution in [2.75, 3.05) is 5.32 Å². The van der Waals surface area contributed by atoms with Crippen molar-refractivity contribution < 1.29 is 9.18 Å². The van der Waals surface area contributed by atoms with Crippen molar-refractivity contribution in [2.24, 2.45) is 5.92 Å². The summed E-state index contributed by atoms with van der Waals surface area (Å²) in [6.07, 6.45) is 3.43. The van der Waals surface area contributed by atoms with Crippen LogP contribution in [-0.2, 0) is 13.0 Å². The van der Waals surface area contributed by atoms with Crippen LogP contribution in [0.1, 0.15) is 53.4 Å². The summed E-state index contributed by atoms with van der Waals surface area (Å²) in [4.78, 5) is 16.7. The number of nitrogens with one attached hydrogen (secondary N) is 2. The number of nitrogens with zero attached hydrogens (tertiary/aromatic N) is 1. The molecular formula is C26H27ClFN3O. The summed E-state index contributed by atoms with van der Waals surface area (Å²) in [6, 6.07) is 10.9. The van der Waals surface area contributed by atoms with Crippen molar-refractivity contribution in [2.45, 2.75) is 40.7 Å². The molecule has 0 fully saturated rings. The minimum absolute atomic E-state index is 0.0570. The second kappa shape index (κ2) is 10.0. The third-order valence-corrected chi connectivity index (χ3v) is 5.75. The van der Waals surface area contributed by atoms with E-state index in [0.29, 0.717) is 34.1 Å². The van der Waals surface area contributed by atoms with Crippen molar-refractivity contribution in [1.82, 2.24) is 4.98 Å². The molecule has 0 saturated heterocycles. The number of hydrogen-bond donors (Lipinski definition) is 2. The highest BCUT2D eigenvalue weighted by molar-refractivity contribution is 6.33. The van der Waals surface area contributed by atoms with Gasteiger partial charge >= 0.3 is 0 Å². The third-order valence-electron chi connectivity index (χ3n) is 5.45. The molecule has 0 spiro atoms. The van der Waals surface area contributed by atoms with Crippen LogP contribution >= 0.6 is 11.6 Å². The van der Waals surface area contributed by atoms with E-state index in [2.05, 4.69) is 10.3 Å². The molecule has 0 aliphatic carbocycles. The van der Waals surface area contributed by atoms with Gasteiger partial charge in [0.15, 0.2) is 5.78 Å². The first kappa shape index (κ1) is 23.6. The summed E-state index contributed by atoms with van der Waals surface area (Å²) in [5, 5.41) is 11.6. The van der Waals surface area contributed by atoms with E-state index in [1.165, 1.54) is 0 Å².